The number of anilines is 2. The highest BCUT2D eigenvalue weighted by atomic mass is 15.1. The van der Waals surface area contributed by atoms with Crippen LogP contribution in [0.1, 0.15) is 13.8 Å². The summed E-state index contributed by atoms with van der Waals surface area (Å²) in [4.78, 5) is 2.25. The highest BCUT2D eigenvalue weighted by molar-refractivity contribution is 5.47. The summed E-state index contributed by atoms with van der Waals surface area (Å²) >= 11 is 0. The molecule has 1 aromatic rings. The molecule has 0 radical (unpaired) electrons. The minimum absolute atomic E-state index is 0.749. The fraction of sp³-hybridized carbons (Fsp3) is 0.455. The molecule has 0 saturated carbocycles. The van der Waals surface area contributed by atoms with Gasteiger partial charge in [-0.25, -0.2) is 0 Å². The molecule has 0 atom stereocenters. The maximum absolute atomic E-state index is 5.37. The molecular formula is C11H21N3. The van der Waals surface area contributed by atoms with Gasteiger partial charge in [0.05, 0.1) is 0 Å². The van der Waals surface area contributed by atoms with E-state index >= 15 is 0 Å². The van der Waals surface area contributed by atoms with Crippen LogP contribution in [0.5, 0.6) is 0 Å². The lowest BCUT2D eigenvalue weighted by Gasteiger charge is -2.07. The van der Waals surface area contributed by atoms with Gasteiger partial charge >= 0.3 is 0 Å². The molecule has 0 saturated heterocycles. The minimum Gasteiger partial charge on any atom is -0.399 e. The van der Waals surface area contributed by atoms with Crippen LogP contribution < -0.4 is 11.5 Å². The molecule has 0 heterocycles. The molecule has 1 aromatic carbocycles. The summed E-state index contributed by atoms with van der Waals surface area (Å²) in [6, 6.07) is 7.09. The van der Waals surface area contributed by atoms with Gasteiger partial charge in [0.2, 0.25) is 0 Å². The van der Waals surface area contributed by atoms with Gasteiger partial charge in [-0.3, -0.25) is 0 Å². The van der Waals surface area contributed by atoms with E-state index in [4.69, 9.17) is 11.5 Å². The smallest absolute Gasteiger partial charge is 0.0315 e. The van der Waals surface area contributed by atoms with Crippen LogP contribution in [0.25, 0.3) is 0 Å². The Balaban J connectivity index is 0.000000255. The minimum atomic E-state index is 0.749. The number of rotatable bonds is 2. The number of nitrogens with zero attached hydrogens (tertiary/aromatic N) is 1. The standard InChI is InChI=1S/C6H8N2.C5H13N/c7-5-1-2-6(8)4-3-5;1-4-6(3)5-2/h1-4H,7-8H2;4-5H2,1-3H3. The summed E-state index contributed by atoms with van der Waals surface area (Å²) in [6.07, 6.45) is 0. The van der Waals surface area contributed by atoms with Gasteiger partial charge in [-0.05, 0) is 44.4 Å². The van der Waals surface area contributed by atoms with E-state index in [9.17, 15) is 0 Å². The van der Waals surface area contributed by atoms with Crippen molar-refractivity contribution in [3.63, 3.8) is 0 Å². The first-order chi connectivity index (χ1) is 6.60. The molecule has 3 heteroatoms. The quantitative estimate of drug-likeness (QED) is 0.708. The molecule has 0 bridgehead atoms. The first-order valence-corrected chi connectivity index (χ1v) is 4.89. The highest BCUT2D eigenvalue weighted by Gasteiger charge is 1.81. The van der Waals surface area contributed by atoms with Gasteiger partial charge in [-0.1, -0.05) is 13.8 Å². The van der Waals surface area contributed by atoms with Gasteiger partial charge in [0.25, 0.3) is 0 Å². The van der Waals surface area contributed by atoms with Gasteiger partial charge in [0, 0.05) is 11.4 Å². The average Bonchev–Trinajstić information content (AvgIpc) is 2.22. The fourth-order valence-corrected chi connectivity index (χ4v) is 0.720. The third kappa shape index (κ3) is 6.31. The van der Waals surface area contributed by atoms with Gasteiger partial charge < -0.3 is 16.4 Å². The topological polar surface area (TPSA) is 55.3 Å². The number of hydrogen-bond donors (Lipinski definition) is 2. The van der Waals surface area contributed by atoms with Crippen LogP contribution in [0.4, 0.5) is 11.4 Å². The second kappa shape index (κ2) is 7.21. The summed E-state index contributed by atoms with van der Waals surface area (Å²) in [5, 5.41) is 0. The Hall–Kier alpha value is -1.22. The molecule has 0 aromatic heterocycles. The predicted octanol–water partition coefficient (Wildman–Crippen LogP) is 1.81. The Kier molecular flexibility index (Phi) is 6.58. The summed E-state index contributed by atoms with van der Waals surface area (Å²) in [5.41, 5.74) is 12.2. The number of nitrogens with two attached hydrogens (primary N) is 2. The molecule has 0 unspecified atom stereocenters. The lowest BCUT2D eigenvalue weighted by molar-refractivity contribution is 0.373. The van der Waals surface area contributed by atoms with Crippen LogP contribution in [0.2, 0.25) is 0 Å². The maximum Gasteiger partial charge on any atom is 0.0315 e. The van der Waals surface area contributed by atoms with Crippen LogP contribution in [-0.2, 0) is 0 Å². The molecule has 0 fully saturated rings. The monoisotopic (exact) mass is 195 g/mol. The summed E-state index contributed by atoms with van der Waals surface area (Å²) in [6.45, 7) is 6.64. The maximum atomic E-state index is 5.37. The van der Waals surface area contributed by atoms with E-state index in [1.54, 1.807) is 24.3 Å². The lowest BCUT2D eigenvalue weighted by Crippen LogP contribution is -2.15. The first kappa shape index (κ1) is 12.8. The zero-order chi connectivity index (χ0) is 11.0. The molecule has 0 amide bonds. The lowest BCUT2D eigenvalue weighted by atomic mass is 10.3. The van der Waals surface area contributed by atoms with Crippen molar-refractivity contribution in [1.29, 1.82) is 0 Å². The van der Waals surface area contributed by atoms with E-state index in [1.165, 1.54) is 0 Å². The molecule has 0 aliphatic heterocycles. The average molecular weight is 195 g/mol. The van der Waals surface area contributed by atoms with E-state index < -0.39 is 0 Å². The Morgan fingerprint density at radius 2 is 1.21 bits per heavy atom. The van der Waals surface area contributed by atoms with Crippen LogP contribution >= 0.6 is 0 Å². The Bertz CT molecular complexity index is 206. The van der Waals surface area contributed by atoms with Crippen LogP contribution in [-0.4, -0.2) is 25.0 Å². The van der Waals surface area contributed by atoms with E-state index in [0.717, 1.165) is 24.5 Å². The van der Waals surface area contributed by atoms with Crippen molar-refractivity contribution in [2.75, 3.05) is 31.6 Å². The second-order valence-electron chi connectivity index (χ2n) is 3.16. The third-order valence-electron chi connectivity index (χ3n) is 2.02. The second-order valence-corrected chi connectivity index (χ2v) is 3.16. The summed E-state index contributed by atoms with van der Waals surface area (Å²) < 4.78 is 0. The van der Waals surface area contributed by atoms with Crippen molar-refractivity contribution in [3.8, 4) is 0 Å². The van der Waals surface area contributed by atoms with Crippen LogP contribution in [0.15, 0.2) is 24.3 Å². The third-order valence-corrected chi connectivity index (χ3v) is 2.02. The van der Waals surface area contributed by atoms with Crippen LogP contribution in [0.3, 0.4) is 0 Å². The molecular weight excluding hydrogens is 174 g/mol. The van der Waals surface area contributed by atoms with E-state index in [2.05, 4.69) is 25.8 Å². The number of benzene rings is 1. The normalized spacial score (nSPS) is 9.43. The Morgan fingerprint density at radius 3 is 1.36 bits per heavy atom. The van der Waals surface area contributed by atoms with Crippen molar-refractivity contribution in [2.45, 2.75) is 13.8 Å². The molecule has 0 spiro atoms. The summed E-state index contributed by atoms with van der Waals surface area (Å²) in [7, 11) is 2.11. The SMILES string of the molecule is CCN(C)CC.Nc1ccc(N)cc1. The summed E-state index contributed by atoms with van der Waals surface area (Å²) in [5.74, 6) is 0. The zero-order valence-corrected chi connectivity index (χ0v) is 9.33. The fourth-order valence-electron chi connectivity index (χ4n) is 0.720. The van der Waals surface area contributed by atoms with Crippen molar-refractivity contribution < 1.29 is 0 Å². The Morgan fingerprint density at radius 1 is 0.929 bits per heavy atom. The molecule has 80 valence electrons. The van der Waals surface area contributed by atoms with Gasteiger partial charge in [0.1, 0.15) is 0 Å². The van der Waals surface area contributed by atoms with E-state index in [0.29, 0.717) is 0 Å². The van der Waals surface area contributed by atoms with Crippen molar-refractivity contribution >= 4 is 11.4 Å². The van der Waals surface area contributed by atoms with E-state index in [-0.39, 0.29) is 0 Å². The van der Waals surface area contributed by atoms with Gasteiger partial charge in [-0.2, -0.15) is 0 Å². The molecule has 0 aliphatic rings. The highest BCUT2D eigenvalue weighted by Crippen LogP contribution is 2.04. The number of nitrogen functional groups attached to an aromatic ring is 2. The molecule has 4 N–H and O–H groups in total. The van der Waals surface area contributed by atoms with Crippen molar-refractivity contribution in [2.24, 2.45) is 0 Å². The predicted molar refractivity (Wildman–Crippen MR) is 64.1 cm³/mol. The molecule has 1 rings (SSSR count). The zero-order valence-electron chi connectivity index (χ0n) is 9.33. The first-order valence-electron chi connectivity index (χ1n) is 4.89. The van der Waals surface area contributed by atoms with E-state index in [1.807, 2.05) is 0 Å². The molecule has 3 nitrogen and oxygen atoms in total. The molecule has 14 heavy (non-hydrogen) atoms. The van der Waals surface area contributed by atoms with Gasteiger partial charge in [0.15, 0.2) is 0 Å². The van der Waals surface area contributed by atoms with Crippen molar-refractivity contribution in [3.05, 3.63) is 24.3 Å². The number of hydrogen-bond acceptors (Lipinski definition) is 3. The molecule has 0 aliphatic carbocycles. The Labute approximate surface area is 86.7 Å². The van der Waals surface area contributed by atoms with Crippen LogP contribution in [0, 0.1) is 0 Å². The van der Waals surface area contributed by atoms with Crippen molar-refractivity contribution in [1.82, 2.24) is 4.90 Å². The van der Waals surface area contributed by atoms with Gasteiger partial charge in [-0.15, -0.1) is 0 Å². The largest absolute Gasteiger partial charge is 0.399 e.